The molecule has 27 heavy (non-hydrogen) atoms. The van der Waals surface area contributed by atoms with Crippen molar-refractivity contribution in [3.8, 4) is 5.75 Å². The summed E-state index contributed by atoms with van der Waals surface area (Å²) in [5, 5.41) is 2.72. The minimum Gasteiger partial charge on any atom is -0.481 e. The predicted octanol–water partition coefficient (Wildman–Crippen LogP) is 2.50. The van der Waals surface area contributed by atoms with Crippen LogP contribution in [0.25, 0.3) is 0 Å². The van der Waals surface area contributed by atoms with Gasteiger partial charge in [0.05, 0.1) is 25.8 Å². The highest BCUT2D eigenvalue weighted by Crippen LogP contribution is 2.35. The lowest BCUT2D eigenvalue weighted by atomic mass is 10.1. The smallest absolute Gasteiger partial charge is 0.306 e. The Balaban J connectivity index is 1.71. The highest BCUT2D eigenvalue weighted by molar-refractivity contribution is 5.99. The first-order valence-electron chi connectivity index (χ1n) is 8.54. The number of benzene rings is 2. The molecule has 140 valence electrons. The lowest BCUT2D eigenvalue weighted by Gasteiger charge is -2.29. The zero-order valence-corrected chi connectivity index (χ0v) is 14.9. The molecule has 1 aliphatic heterocycles. The van der Waals surface area contributed by atoms with Crippen LogP contribution in [-0.2, 0) is 25.7 Å². The number of methoxy groups -OCH3 is 1. The van der Waals surface area contributed by atoms with Gasteiger partial charge < -0.3 is 19.7 Å². The molecule has 0 radical (unpaired) electrons. The molecule has 2 aromatic rings. The molecule has 0 spiro atoms. The monoisotopic (exact) mass is 368 g/mol. The van der Waals surface area contributed by atoms with E-state index in [-0.39, 0.29) is 31.3 Å². The number of carbonyl (C=O) groups is 3. The van der Waals surface area contributed by atoms with Gasteiger partial charge in [-0.25, -0.2) is 0 Å². The normalized spacial score (nSPS) is 12.8. The molecule has 1 heterocycles. The first kappa shape index (κ1) is 18.4. The maximum Gasteiger partial charge on any atom is 0.306 e. The molecule has 7 heteroatoms. The van der Waals surface area contributed by atoms with Gasteiger partial charge in [-0.2, -0.15) is 0 Å². The average molecular weight is 368 g/mol. The molecule has 7 nitrogen and oxygen atoms in total. The standard InChI is InChI=1S/C20H20N2O5/c1-26-20(25)10-9-18(23)21-15-7-8-16-17(11-15)27-13-19(24)22(16)12-14-5-3-2-4-6-14/h2-8,11H,9-10,12-13H2,1H3,(H,21,23). The molecule has 0 bridgehead atoms. The first-order chi connectivity index (χ1) is 13.1. The summed E-state index contributed by atoms with van der Waals surface area (Å²) >= 11 is 0. The van der Waals surface area contributed by atoms with Gasteiger partial charge in [0.2, 0.25) is 5.91 Å². The summed E-state index contributed by atoms with van der Waals surface area (Å²) in [5.41, 5.74) is 2.21. The maximum absolute atomic E-state index is 12.3. The summed E-state index contributed by atoms with van der Waals surface area (Å²) in [6.45, 7) is 0.389. The minimum atomic E-state index is -0.436. The second-order valence-electron chi connectivity index (χ2n) is 6.06. The Hall–Kier alpha value is -3.35. The number of rotatable bonds is 6. The summed E-state index contributed by atoms with van der Waals surface area (Å²) in [4.78, 5) is 37.0. The number of nitrogens with one attached hydrogen (secondary N) is 1. The van der Waals surface area contributed by atoms with E-state index in [1.807, 2.05) is 30.3 Å². The summed E-state index contributed by atoms with van der Waals surface area (Å²) < 4.78 is 10.0. The van der Waals surface area contributed by atoms with Crippen LogP contribution in [0.5, 0.6) is 5.75 Å². The highest BCUT2D eigenvalue weighted by atomic mass is 16.5. The summed E-state index contributed by atoms with van der Waals surface area (Å²) in [7, 11) is 1.28. The van der Waals surface area contributed by atoms with Crippen molar-refractivity contribution in [2.45, 2.75) is 19.4 Å². The van der Waals surface area contributed by atoms with Crippen molar-refractivity contribution >= 4 is 29.2 Å². The third kappa shape index (κ3) is 4.63. The van der Waals surface area contributed by atoms with Gasteiger partial charge in [-0.15, -0.1) is 0 Å². The number of nitrogens with zero attached hydrogens (tertiary/aromatic N) is 1. The fraction of sp³-hybridized carbons (Fsp3) is 0.250. The molecule has 0 fully saturated rings. The molecular weight excluding hydrogens is 348 g/mol. The lowest BCUT2D eigenvalue weighted by molar-refractivity contribution is -0.141. The maximum atomic E-state index is 12.3. The summed E-state index contributed by atoms with van der Waals surface area (Å²) in [5.74, 6) is -0.333. The van der Waals surface area contributed by atoms with Crippen LogP contribution in [0.2, 0.25) is 0 Å². The van der Waals surface area contributed by atoms with Crippen molar-refractivity contribution in [1.29, 1.82) is 0 Å². The van der Waals surface area contributed by atoms with Gasteiger partial charge in [0, 0.05) is 18.2 Å². The van der Waals surface area contributed by atoms with Crippen LogP contribution < -0.4 is 15.0 Å². The van der Waals surface area contributed by atoms with Crippen molar-refractivity contribution in [1.82, 2.24) is 0 Å². The fourth-order valence-electron chi connectivity index (χ4n) is 2.76. The first-order valence-corrected chi connectivity index (χ1v) is 8.54. The number of hydrogen-bond donors (Lipinski definition) is 1. The van der Waals surface area contributed by atoms with Crippen LogP contribution in [-0.4, -0.2) is 31.5 Å². The van der Waals surface area contributed by atoms with E-state index in [4.69, 9.17) is 4.74 Å². The largest absolute Gasteiger partial charge is 0.481 e. The molecule has 1 aliphatic rings. The van der Waals surface area contributed by atoms with Gasteiger partial charge in [0.25, 0.3) is 5.91 Å². The number of anilines is 2. The summed E-state index contributed by atoms with van der Waals surface area (Å²) in [6, 6.07) is 14.8. The van der Waals surface area contributed by atoms with Gasteiger partial charge in [0.1, 0.15) is 5.75 Å². The van der Waals surface area contributed by atoms with E-state index in [0.717, 1.165) is 5.56 Å². The third-order valence-corrected chi connectivity index (χ3v) is 4.15. The van der Waals surface area contributed by atoms with E-state index >= 15 is 0 Å². The molecular formula is C20H20N2O5. The van der Waals surface area contributed by atoms with Gasteiger partial charge in [-0.3, -0.25) is 14.4 Å². The molecule has 1 N–H and O–H groups in total. The molecule has 0 aliphatic carbocycles. The molecule has 0 saturated carbocycles. The zero-order chi connectivity index (χ0) is 19.2. The topological polar surface area (TPSA) is 84.9 Å². The summed E-state index contributed by atoms with van der Waals surface area (Å²) in [6.07, 6.45) is 0.0480. The van der Waals surface area contributed by atoms with Gasteiger partial charge in [-0.1, -0.05) is 30.3 Å². The Morgan fingerprint density at radius 1 is 1.15 bits per heavy atom. The minimum absolute atomic E-state index is 0.0170. The fourth-order valence-corrected chi connectivity index (χ4v) is 2.76. The molecule has 2 aromatic carbocycles. The number of ether oxygens (including phenoxy) is 2. The van der Waals surface area contributed by atoms with Gasteiger partial charge in [-0.05, 0) is 17.7 Å². The molecule has 0 saturated heterocycles. The number of fused-ring (bicyclic) bond motifs is 1. The van der Waals surface area contributed by atoms with E-state index in [1.54, 1.807) is 23.1 Å². The Morgan fingerprint density at radius 2 is 1.93 bits per heavy atom. The Morgan fingerprint density at radius 3 is 2.67 bits per heavy atom. The van der Waals surface area contributed by atoms with Crippen molar-refractivity contribution < 1.29 is 23.9 Å². The molecule has 0 unspecified atom stereocenters. The van der Waals surface area contributed by atoms with Crippen LogP contribution in [0.1, 0.15) is 18.4 Å². The molecule has 0 atom stereocenters. The van der Waals surface area contributed by atoms with Crippen molar-refractivity contribution in [2.24, 2.45) is 0 Å². The Kier molecular flexibility index (Phi) is 5.71. The van der Waals surface area contributed by atoms with E-state index in [2.05, 4.69) is 10.1 Å². The lowest BCUT2D eigenvalue weighted by Crippen LogP contribution is -2.38. The number of hydrogen-bond acceptors (Lipinski definition) is 5. The van der Waals surface area contributed by atoms with Crippen molar-refractivity contribution in [3.63, 3.8) is 0 Å². The van der Waals surface area contributed by atoms with Crippen LogP contribution >= 0.6 is 0 Å². The number of amides is 2. The highest BCUT2D eigenvalue weighted by Gasteiger charge is 2.26. The van der Waals surface area contributed by atoms with Crippen LogP contribution in [0.15, 0.2) is 48.5 Å². The number of carbonyl (C=O) groups excluding carboxylic acids is 3. The zero-order valence-electron chi connectivity index (χ0n) is 14.9. The molecule has 2 amide bonds. The average Bonchev–Trinajstić information content (AvgIpc) is 2.69. The van der Waals surface area contributed by atoms with Crippen LogP contribution in [0.4, 0.5) is 11.4 Å². The third-order valence-electron chi connectivity index (χ3n) is 4.15. The van der Waals surface area contributed by atoms with E-state index in [0.29, 0.717) is 23.7 Å². The Bertz CT molecular complexity index is 851. The van der Waals surface area contributed by atoms with E-state index in [9.17, 15) is 14.4 Å². The molecule has 3 rings (SSSR count). The van der Waals surface area contributed by atoms with E-state index in [1.165, 1.54) is 7.11 Å². The second-order valence-corrected chi connectivity index (χ2v) is 6.06. The van der Waals surface area contributed by atoms with Crippen LogP contribution in [0, 0.1) is 0 Å². The van der Waals surface area contributed by atoms with E-state index < -0.39 is 5.97 Å². The predicted molar refractivity (Wildman–Crippen MR) is 99.4 cm³/mol. The molecule has 0 aromatic heterocycles. The van der Waals surface area contributed by atoms with Crippen molar-refractivity contribution in [3.05, 3.63) is 54.1 Å². The quantitative estimate of drug-likeness (QED) is 0.792. The Labute approximate surface area is 156 Å². The SMILES string of the molecule is COC(=O)CCC(=O)Nc1ccc2c(c1)OCC(=O)N2Cc1ccccc1. The van der Waals surface area contributed by atoms with Gasteiger partial charge >= 0.3 is 5.97 Å². The van der Waals surface area contributed by atoms with Crippen LogP contribution in [0.3, 0.4) is 0 Å². The van der Waals surface area contributed by atoms with Crippen molar-refractivity contribution in [2.75, 3.05) is 23.9 Å². The second kappa shape index (κ2) is 8.35. The number of esters is 1. The van der Waals surface area contributed by atoms with Gasteiger partial charge in [0.15, 0.2) is 6.61 Å².